The summed E-state index contributed by atoms with van der Waals surface area (Å²) in [6, 6.07) is 5.70. The van der Waals surface area contributed by atoms with Crippen LogP contribution in [-0.4, -0.2) is 36.6 Å². The van der Waals surface area contributed by atoms with Crippen molar-refractivity contribution in [1.29, 1.82) is 0 Å². The summed E-state index contributed by atoms with van der Waals surface area (Å²) in [6.07, 6.45) is 3.66. The van der Waals surface area contributed by atoms with Gasteiger partial charge in [-0.2, -0.15) is 0 Å². The molecule has 2 heterocycles. The van der Waals surface area contributed by atoms with Gasteiger partial charge in [0.25, 0.3) is 0 Å². The minimum absolute atomic E-state index is 0.0687. The van der Waals surface area contributed by atoms with Gasteiger partial charge in [0.15, 0.2) is 11.5 Å². The van der Waals surface area contributed by atoms with Crippen molar-refractivity contribution in [3.05, 3.63) is 23.8 Å². The van der Waals surface area contributed by atoms with E-state index in [9.17, 15) is 4.79 Å². The third kappa shape index (κ3) is 2.90. The van der Waals surface area contributed by atoms with E-state index in [0.717, 1.165) is 49.3 Å². The molecule has 0 aromatic heterocycles. The van der Waals surface area contributed by atoms with Crippen LogP contribution in [0.5, 0.6) is 11.5 Å². The molecule has 22 heavy (non-hydrogen) atoms. The highest BCUT2D eigenvalue weighted by Crippen LogP contribution is 2.38. The van der Waals surface area contributed by atoms with Crippen LogP contribution in [0.25, 0.3) is 0 Å². The number of ether oxygens (including phenoxy) is 2. The van der Waals surface area contributed by atoms with Gasteiger partial charge in [-0.25, -0.2) is 0 Å². The molecule has 5 heteroatoms. The molecular weight excluding hydrogens is 280 g/mol. The first kappa shape index (κ1) is 15.2. The Bertz CT molecular complexity index is 547. The smallest absolute Gasteiger partial charge is 0.239 e. The van der Waals surface area contributed by atoms with Gasteiger partial charge >= 0.3 is 0 Å². The third-order valence-electron chi connectivity index (χ3n) is 4.40. The van der Waals surface area contributed by atoms with E-state index >= 15 is 0 Å². The number of nitrogens with zero attached hydrogens (tertiary/aromatic N) is 1. The van der Waals surface area contributed by atoms with Gasteiger partial charge < -0.3 is 20.1 Å². The Morgan fingerprint density at radius 3 is 2.91 bits per heavy atom. The first-order valence-electron chi connectivity index (χ1n) is 8.16. The zero-order valence-electron chi connectivity index (χ0n) is 13.1. The number of carbonyl (C=O) groups is 1. The van der Waals surface area contributed by atoms with Crippen molar-refractivity contribution in [2.75, 3.05) is 19.8 Å². The standard InChI is InChI=1S/C17H24N2O3/c1-2-4-13(18)17(20)19-8-3-5-14(19)12-6-7-15-16(11-12)22-10-9-21-15/h6-7,11,13-14H,2-5,8-10,18H2,1H3. The van der Waals surface area contributed by atoms with E-state index in [1.807, 2.05) is 23.1 Å². The van der Waals surface area contributed by atoms with Gasteiger partial charge in [0.05, 0.1) is 12.1 Å². The molecule has 2 N–H and O–H groups in total. The molecular formula is C17H24N2O3. The SMILES string of the molecule is CCCC(N)C(=O)N1CCCC1c1ccc2c(c1)OCCO2. The van der Waals surface area contributed by atoms with Gasteiger partial charge in [-0.15, -0.1) is 0 Å². The Morgan fingerprint density at radius 2 is 2.14 bits per heavy atom. The van der Waals surface area contributed by atoms with Gasteiger partial charge in [0.2, 0.25) is 5.91 Å². The summed E-state index contributed by atoms with van der Waals surface area (Å²) in [5.74, 6) is 1.63. The van der Waals surface area contributed by atoms with Crippen LogP contribution in [0.15, 0.2) is 18.2 Å². The molecule has 1 aromatic rings. The van der Waals surface area contributed by atoms with Crippen molar-refractivity contribution in [3.63, 3.8) is 0 Å². The van der Waals surface area contributed by atoms with E-state index in [1.165, 1.54) is 0 Å². The molecule has 1 saturated heterocycles. The van der Waals surface area contributed by atoms with Crippen LogP contribution in [0.1, 0.15) is 44.2 Å². The van der Waals surface area contributed by atoms with Gasteiger partial charge in [0, 0.05) is 6.54 Å². The lowest BCUT2D eigenvalue weighted by atomic mass is 10.0. The van der Waals surface area contributed by atoms with Crippen LogP contribution in [-0.2, 0) is 4.79 Å². The molecule has 0 aliphatic carbocycles. The summed E-state index contributed by atoms with van der Waals surface area (Å²) >= 11 is 0. The van der Waals surface area contributed by atoms with Crippen molar-refractivity contribution in [1.82, 2.24) is 4.90 Å². The predicted octanol–water partition coefficient (Wildman–Crippen LogP) is 2.25. The van der Waals surface area contributed by atoms with Crippen molar-refractivity contribution < 1.29 is 14.3 Å². The maximum Gasteiger partial charge on any atom is 0.239 e. The fraction of sp³-hybridized carbons (Fsp3) is 0.588. The molecule has 0 spiro atoms. The van der Waals surface area contributed by atoms with Crippen LogP contribution < -0.4 is 15.2 Å². The van der Waals surface area contributed by atoms with E-state index in [1.54, 1.807) is 0 Å². The summed E-state index contributed by atoms with van der Waals surface area (Å²) in [4.78, 5) is 14.5. The van der Waals surface area contributed by atoms with Gasteiger partial charge in [-0.05, 0) is 37.0 Å². The summed E-state index contributed by atoms with van der Waals surface area (Å²) in [6.45, 7) is 4.00. The lowest BCUT2D eigenvalue weighted by Gasteiger charge is -2.28. The van der Waals surface area contributed by atoms with Crippen molar-refractivity contribution in [2.45, 2.75) is 44.7 Å². The molecule has 2 atom stereocenters. The average molecular weight is 304 g/mol. The number of rotatable bonds is 4. The summed E-state index contributed by atoms with van der Waals surface area (Å²) in [5, 5.41) is 0. The maximum absolute atomic E-state index is 12.6. The molecule has 2 aliphatic heterocycles. The molecule has 0 bridgehead atoms. The fourth-order valence-corrected chi connectivity index (χ4v) is 3.29. The van der Waals surface area contributed by atoms with Crippen molar-refractivity contribution in [3.8, 4) is 11.5 Å². The summed E-state index contributed by atoms with van der Waals surface area (Å²) < 4.78 is 11.2. The van der Waals surface area contributed by atoms with E-state index in [2.05, 4.69) is 6.92 Å². The second-order valence-electron chi connectivity index (χ2n) is 5.99. The number of amides is 1. The van der Waals surface area contributed by atoms with E-state index < -0.39 is 0 Å². The van der Waals surface area contributed by atoms with E-state index in [0.29, 0.717) is 13.2 Å². The number of benzene rings is 1. The first-order valence-corrected chi connectivity index (χ1v) is 8.16. The lowest BCUT2D eigenvalue weighted by Crippen LogP contribution is -2.43. The first-order chi connectivity index (χ1) is 10.7. The monoisotopic (exact) mass is 304 g/mol. The van der Waals surface area contributed by atoms with Crippen LogP contribution in [0.4, 0.5) is 0 Å². The third-order valence-corrected chi connectivity index (χ3v) is 4.40. The number of nitrogens with two attached hydrogens (primary N) is 1. The second kappa shape index (κ2) is 6.57. The van der Waals surface area contributed by atoms with Crippen molar-refractivity contribution in [2.24, 2.45) is 5.73 Å². The Hall–Kier alpha value is -1.75. The highest BCUT2D eigenvalue weighted by Gasteiger charge is 2.33. The Kier molecular flexibility index (Phi) is 4.52. The van der Waals surface area contributed by atoms with Crippen molar-refractivity contribution >= 4 is 5.91 Å². The molecule has 3 rings (SSSR count). The van der Waals surface area contributed by atoms with E-state index in [4.69, 9.17) is 15.2 Å². The predicted molar refractivity (Wildman–Crippen MR) is 84.0 cm³/mol. The van der Waals surface area contributed by atoms with E-state index in [-0.39, 0.29) is 18.0 Å². The molecule has 1 amide bonds. The van der Waals surface area contributed by atoms with Crippen LogP contribution in [0.2, 0.25) is 0 Å². The lowest BCUT2D eigenvalue weighted by molar-refractivity contribution is -0.133. The van der Waals surface area contributed by atoms with Gasteiger partial charge in [-0.1, -0.05) is 19.4 Å². The molecule has 5 nitrogen and oxygen atoms in total. The Labute approximate surface area is 131 Å². The quantitative estimate of drug-likeness (QED) is 0.926. The maximum atomic E-state index is 12.6. The Morgan fingerprint density at radius 1 is 1.36 bits per heavy atom. The van der Waals surface area contributed by atoms with Crippen LogP contribution in [0.3, 0.4) is 0 Å². The molecule has 1 fully saturated rings. The number of fused-ring (bicyclic) bond motifs is 1. The number of likely N-dealkylation sites (tertiary alicyclic amines) is 1. The highest BCUT2D eigenvalue weighted by atomic mass is 16.6. The van der Waals surface area contributed by atoms with Crippen LogP contribution >= 0.6 is 0 Å². The number of hydrogen-bond donors (Lipinski definition) is 1. The minimum atomic E-state index is -0.386. The number of hydrogen-bond acceptors (Lipinski definition) is 4. The molecule has 0 saturated carbocycles. The van der Waals surface area contributed by atoms with Gasteiger partial charge in [-0.3, -0.25) is 4.79 Å². The zero-order chi connectivity index (χ0) is 15.5. The fourth-order valence-electron chi connectivity index (χ4n) is 3.29. The number of carbonyl (C=O) groups excluding carboxylic acids is 1. The summed E-state index contributed by atoms with van der Waals surface area (Å²) in [5.41, 5.74) is 7.13. The molecule has 2 unspecified atom stereocenters. The molecule has 2 aliphatic rings. The van der Waals surface area contributed by atoms with Crippen LogP contribution in [0, 0.1) is 0 Å². The minimum Gasteiger partial charge on any atom is -0.486 e. The average Bonchev–Trinajstić information content (AvgIpc) is 3.03. The second-order valence-corrected chi connectivity index (χ2v) is 5.99. The summed E-state index contributed by atoms with van der Waals surface area (Å²) in [7, 11) is 0. The molecule has 1 aromatic carbocycles. The highest BCUT2D eigenvalue weighted by molar-refractivity contribution is 5.82. The zero-order valence-corrected chi connectivity index (χ0v) is 13.1. The Balaban J connectivity index is 1.79. The molecule has 120 valence electrons. The largest absolute Gasteiger partial charge is 0.486 e. The van der Waals surface area contributed by atoms with Gasteiger partial charge in [0.1, 0.15) is 13.2 Å². The molecule has 0 radical (unpaired) electrons. The normalized spacial score (nSPS) is 21.7. The topological polar surface area (TPSA) is 64.8 Å².